The molecule has 10 heteroatoms. The molecular weight excluding hydrogens is 419 g/mol. The van der Waals surface area contributed by atoms with E-state index in [0.717, 1.165) is 0 Å². The van der Waals surface area contributed by atoms with E-state index in [1.807, 2.05) is 6.07 Å². The SMILES string of the molecule is N#Cc1cnc2ccc(C(=O)c3c(F)c(F)cc(CCCNS(=O)[O-])c3F)cc2c1. The smallest absolute Gasteiger partial charge is 0.199 e. The molecule has 1 aromatic heterocycles. The number of aryl methyl sites for hydroxylation is 1. The van der Waals surface area contributed by atoms with Gasteiger partial charge in [0, 0.05) is 35.0 Å². The number of nitriles is 1. The highest BCUT2D eigenvalue weighted by Crippen LogP contribution is 2.25. The molecule has 0 bridgehead atoms. The molecule has 3 aromatic rings. The molecule has 0 aliphatic heterocycles. The first-order valence-corrected chi connectivity index (χ1v) is 9.73. The Morgan fingerprint density at radius 3 is 2.67 bits per heavy atom. The van der Waals surface area contributed by atoms with Gasteiger partial charge in [-0.05, 0) is 48.7 Å². The number of hydrogen-bond acceptors (Lipinski definition) is 5. The molecule has 0 aliphatic carbocycles. The maximum atomic E-state index is 14.8. The van der Waals surface area contributed by atoms with Gasteiger partial charge < -0.3 is 4.55 Å². The predicted octanol–water partition coefficient (Wildman–Crippen LogP) is 3.07. The van der Waals surface area contributed by atoms with Crippen molar-refractivity contribution >= 4 is 28.0 Å². The van der Waals surface area contributed by atoms with Crippen molar-refractivity contribution in [3.05, 3.63) is 76.2 Å². The summed E-state index contributed by atoms with van der Waals surface area (Å²) in [7, 11) is 0. The Labute approximate surface area is 171 Å². The summed E-state index contributed by atoms with van der Waals surface area (Å²) in [5.74, 6) is -5.26. The van der Waals surface area contributed by atoms with Gasteiger partial charge in [-0.3, -0.25) is 14.0 Å². The van der Waals surface area contributed by atoms with E-state index >= 15 is 0 Å². The fourth-order valence-electron chi connectivity index (χ4n) is 2.95. The molecule has 1 atom stereocenters. The average Bonchev–Trinajstić information content (AvgIpc) is 2.73. The molecule has 0 spiro atoms. The van der Waals surface area contributed by atoms with Crippen molar-refractivity contribution in [3.63, 3.8) is 0 Å². The molecule has 30 heavy (non-hydrogen) atoms. The van der Waals surface area contributed by atoms with Gasteiger partial charge in [-0.1, -0.05) is 0 Å². The van der Waals surface area contributed by atoms with Crippen molar-refractivity contribution in [1.29, 1.82) is 5.26 Å². The lowest BCUT2D eigenvalue weighted by Gasteiger charge is -2.11. The third-order valence-corrected chi connectivity index (χ3v) is 4.81. The van der Waals surface area contributed by atoms with Crippen molar-refractivity contribution in [2.24, 2.45) is 0 Å². The van der Waals surface area contributed by atoms with Crippen LogP contribution in [-0.4, -0.2) is 26.1 Å². The van der Waals surface area contributed by atoms with Gasteiger partial charge in [0.05, 0.1) is 16.6 Å². The molecular formula is C20H13F3N3O3S-. The molecule has 2 aromatic carbocycles. The number of aromatic nitrogens is 1. The number of halogens is 3. The summed E-state index contributed by atoms with van der Waals surface area (Å²) >= 11 is -2.49. The second kappa shape index (κ2) is 9.13. The fourth-order valence-corrected chi connectivity index (χ4v) is 3.26. The van der Waals surface area contributed by atoms with E-state index in [2.05, 4.69) is 9.71 Å². The number of nitrogens with zero attached hydrogens (tertiary/aromatic N) is 2. The molecule has 154 valence electrons. The molecule has 0 fully saturated rings. The maximum Gasteiger partial charge on any atom is 0.199 e. The molecule has 0 amide bonds. The molecule has 0 aliphatic rings. The first kappa shape index (κ1) is 21.6. The van der Waals surface area contributed by atoms with Gasteiger partial charge in [-0.15, -0.1) is 0 Å². The maximum absolute atomic E-state index is 14.8. The zero-order chi connectivity index (χ0) is 21.8. The Kier molecular flexibility index (Phi) is 6.56. The van der Waals surface area contributed by atoms with Crippen molar-refractivity contribution in [2.75, 3.05) is 6.54 Å². The van der Waals surface area contributed by atoms with Crippen molar-refractivity contribution < 1.29 is 26.7 Å². The number of fused-ring (bicyclic) bond motifs is 1. The summed E-state index contributed by atoms with van der Waals surface area (Å²) in [5, 5.41) is 9.38. The first-order chi connectivity index (χ1) is 14.3. The summed E-state index contributed by atoms with van der Waals surface area (Å²) in [6, 6.07) is 8.10. The van der Waals surface area contributed by atoms with Crippen LogP contribution in [0.15, 0.2) is 36.5 Å². The molecule has 6 nitrogen and oxygen atoms in total. The third-order valence-electron chi connectivity index (χ3n) is 4.37. The Hall–Kier alpha value is -3.13. The highest BCUT2D eigenvalue weighted by atomic mass is 32.2. The number of hydrogen-bond donors (Lipinski definition) is 1. The minimum atomic E-state index is -2.49. The molecule has 1 heterocycles. The highest BCUT2D eigenvalue weighted by Gasteiger charge is 2.25. The molecule has 1 unspecified atom stereocenters. The third kappa shape index (κ3) is 4.54. The minimum Gasteiger partial charge on any atom is -0.760 e. The quantitative estimate of drug-likeness (QED) is 0.267. The Bertz CT molecular complexity index is 1210. The lowest BCUT2D eigenvalue weighted by atomic mass is 9.96. The van der Waals surface area contributed by atoms with E-state index in [-0.39, 0.29) is 36.1 Å². The second-order valence-electron chi connectivity index (χ2n) is 6.33. The second-order valence-corrected chi connectivity index (χ2v) is 7.08. The van der Waals surface area contributed by atoms with Gasteiger partial charge >= 0.3 is 0 Å². The zero-order valence-corrected chi connectivity index (χ0v) is 16.1. The summed E-state index contributed by atoms with van der Waals surface area (Å²) in [4.78, 5) is 16.8. The van der Waals surface area contributed by atoms with Crippen LogP contribution >= 0.6 is 0 Å². The van der Waals surface area contributed by atoms with Gasteiger partial charge in [0.2, 0.25) is 0 Å². The van der Waals surface area contributed by atoms with Crippen LogP contribution in [0, 0.1) is 28.8 Å². The van der Waals surface area contributed by atoms with Crippen LogP contribution in [-0.2, 0) is 17.7 Å². The summed E-state index contributed by atoms with van der Waals surface area (Å²) in [6.45, 7) is -0.0310. The number of rotatable bonds is 7. The number of nitrogens with one attached hydrogen (secondary N) is 1. The number of carbonyl (C=O) groups excluding carboxylic acids is 1. The largest absolute Gasteiger partial charge is 0.760 e. The van der Waals surface area contributed by atoms with Crippen LogP contribution < -0.4 is 4.72 Å². The molecule has 1 N–H and O–H groups in total. The van der Waals surface area contributed by atoms with Gasteiger partial charge in [-0.2, -0.15) is 5.26 Å². The topological polar surface area (TPSA) is 106 Å². The van der Waals surface area contributed by atoms with Crippen LogP contribution in [0.25, 0.3) is 10.9 Å². The highest BCUT2D eigenvalue weighted by molar-refractivity contribution is 7.77. The number of ketones is 1. The van der Waals surface area contributed by atoms with Crippen LogP contribution in [0.1, 0.15) is 33.5 Å². The molecule has 3 rings (SSSR count). The van der Waals surface area contributed by atoms with Crippen LogP contribution in [0.2, 0.25) is 0 Å². The van der Waals surface area contributed by atoms with Gasteiger partial charge in [-0.25, -0.2) is 17.9 Å². The Morgan fingerprint density at radius 2 is 1.97 bits per heavy atom. The molecule has 0 saturated heterocycles. The number of benzene rings is 2. The Balaban J connectivity index is 1.97. The molecule has 0 saturated carbocycles. The number of pyridine rings is 1. The van der Waals surface area contributed by atoms with E-state index in [0.29, 0.717) is 17.0 Å². The monoisotopic (exact) mass is 432 g/mol. The van der Waals surface area contributed by atoms with Crippen molar-refractivity contribution in [2.45, 2.75) is 12.8 Å². The van der Waals surface area contributed by atoms with E-state index in [1.165, 1.54) is 30.5 Å². The lowest BCUT2D eigenvalue weighted by Crippen LogP contribution is -2.18. The van der Waals surface area contributed by atoms with Gasteiger partial charge in [0.25, 0.3) is 0 Å². The summed E-state index contributed by atoms with van der Waals surface area (Å²) < 4.78 is 66.2. The summed E-state index contributed by atoms with van der Waals surface area (Å²) in [6.07, 6.45) is 1.35. The van der Waals surface area contributed by atoms with E-state index in [9.17, 15) is 26.7 Å². The average molecular weight is 432 g/mol. The van der Waals surface area contributed by atoms with Gasteiger partial charge in [0.1, 0.15) is 11.9 Å². The zero-order valence-electron chi connectivity index (χ0n) is 15.2. The van der Waals surface area contributed by atoms with Crippen LogP contribution in [0.3, 0.4) is 0 Å². The normalized spacial score (nSPS) is 12.0. The standard InChI is InChI=1S/C20H14F3N3O3S/c21-15-8-12(2-1-5-26-30(28)29)18(22)17(19(15)23)20(27)13-3-4-16-14(7-13)6-11(9-24)10-25-16/h3-4,6-8,10,26H,1-2,5H2,(H,28,29)/p-1. The van der Waals surface area contributed by atoms with E-state index < -0.39 is 40.1 Å². The van der Waals surface area contributed by atoms with Crippen LogP contribution in [0.4, 0.5) is 13.2 Å². The van der Waals surface area contributed by atoms with E-state index in [1.54, 1.807) is 0 Å². The predicted molar refractivity (Wildman–Crippen MR) is 101 cm³/mol. The first-order valence-electron chi connectivity index (χ1n) is 8.65. The summed E-state index contributed by atoms with van der Waals surface area (Å²) in [5.41, 5.74) is -0.670. The van der Waals surface area contributed by atoms with Crippen molar-refractivity contribution in [3.8, 4) is 6.07 Å². The molecule has 0 radical (unpaired) electrons. The van der Waals surface area contributed by atoms with Crippen molar-refractivity contribution in [1.82, 2.24) is 9.71 Å². The Morgan fingerprint density at radius 1 is 1.20 bits per heavy atom. The minimum absolute atomic E-state index is 0.0310. The van der Waals surface area contributed by atoms with Gasteiger partial charge in [0.15, 0.2) is 17.4 Å². The fraction of sp³-hybridized carbons (Fsp3) is 0.150. The van der Waals surface area contributed by atoms with E-state index in [4.69, 9.17) is 5.26 Å². The van der Waals surface area contributed by atoms with Crippen LogP contribution in [0.5, 0.6) is 0 Å². The number of carbonyl (C=O) groups is 1. The lowest BCUT2D eigenvalue weighted by molar-refractivity contribution is 0.102.